The van der Waals surface area contributed by atoms with Crippen molar-refractivity contribution >= 4 is 16.9 Å². The van der Waals surface area contributed by atoms with Crippen LogP contribution in [-0.2, 0) is 13.6 Å². The quantitative estimate of drug-likeness (QED) is 0.724. The number of hydrogen-bond donors (Lipinski definition) is 0. The van der Waals surface area contributed by atoms with Gasteiger partial charge in [-0.25, -0.2) is 4.98 Å². The van der Waals surface area contributed by atoms with Gasteiger partial charge >= 0.3 is 0 Å². The summed E-state index contributed by atoms with van der Waals surface area (Å²) in [5, 5.41) is 5.30. The SMILES string of the molecule is CCCN(Cc1ccccc1)C(=O)c1cnc2c(c1)c(C)nn2C. The number of carbonyl (C=O) groups excluding carboxylic acids is 1. The molecule has 0 radical (unpaired) electrons. The Kier molecular flexibility index (Phi) is 4.60. The molecule has 0 N–H and O–H groups in total. The fraction of sp³-hybridized carbons (Fsp3) is 0.316. The van der Waals surface area contributed by atoms with Crippen molar-refractivity contribution in [2.75, 3.05) is 6.54 Å². The Morgan fingerprint density at radius 3 is 2.71 bits per heavy atom. The smallest absolute Gasteiger partial charge is 0.255 e. The Labute approximate surface area is 141 Å². The Morgan fingerprint density at radius 1 is 1.25 bits per heavy atom. The van der Waals surface area contributed by atoms with Gasteiger partial charge < -0.3 is 4.90 Å². The summed E-state index contributed by atoms with van der Waals surface area (Å²) in [6, 6.07) is 12.0. The number of aromatic nitrogens is 3. The number of amides is 1. The van der Waals surface area contributed by atoms with E-state index in [9.17, 15) is 4.79 Å². The molecule has 24 heavy (non-hydrogen) atoms. The monoisotopic (exact) mass is 322 g/mol. The molecule has 3 rings (SSSR count). The van der Waals surface area contributed by atoms with Gasteiger partial charge in [-0.3, -0.25) is 9.48 Å². The van der Waals surface area contributed by atoms with Crippen molar-refractivity contribution < 1.29 is 4.79 Å². The first-order chi connectivity index (χ1) is 11.6. The summed E-state index contributed by atoms with van der Waals surface area (Å²) in [5.41, 5.74) is 3.43. The lowest BCUT2D eigenvalue weighted by Gasteiger charge is -2.22. The van der Waals surface area contributed by atoms with Gasteiger partial charge in [-0.1, -0.05) is 37.3 Å². The first-order valence-corrected chi connectivity index (χ1v) is 8.22. The molecular weight excluding hydrogens is 300 g/mol. The normalized spacial score (nSPS) is 11.0. The van der Waals surface area contributed by atoms with Crippen LogP contribution in [0, 0.1) is 6.92 Å². The second kappa shape index (κ2) is 6.83. The number of aryl methyl sites for hydroxylation is 2. The molecule has 1 amide bonds. The average Bonchev–Trinajstić information content (AvgIpc) is 2.88. The number of nitrogens with zero attached hydrogens (tertiary/aromatic N) is 4. The highest BCUT2D eigenvalue weighted by molar-refractivity contribution is 5.97. The van der Waals surface area contributed by atoms with Crippen molar-refractivity contribution in [1.82, 2.24) is 19.7 Å². The third-order valence-electron chi connectivity index (χ3n) is 4.11. The minimum absolute atomic E-state index is 0.0124. The lowest BCUT2D eigenvalue weighted by molar-refractivity contribution is 0.0743. The molecule has 0 unspecified atom stereocenters. The zero-order valence-electron chi connectivity index (χ0n) is 14.4. The van der Waals surface area contributed by atoms with Crippen molar-refractivity contribution in [1.29, 1.82) is 0 Å². The molecule has 0 aliphatic rings. The fourth-order valence-electron chi connectivity index (χ4n) is 2.93. The number of benzene rings is 1. The molecule has 0 atom stereocenters. The first-order valence-electron chi connectivity index (χ1n) is 8.22. The number of pyridine rings is 1. The van der Waals surface area contributed by atoms with Crippen LogP contribution in [0.25, 0.3) is 11.0 Å². The molecule has 2 heterocycles. The number of rotatable bonds is 5. The topological polar surface area (TPSA) is 51.0 Å². The summed E-state index contributed by atoms with van der Waals surface area (Å²) in [4.78, 5) is 19.3. The van der Waals surface area contributed by atoms with Crippen molar-refractivity contribution in [3.63, 3.8) is 0 Å². The van der Waals surface area contributed by atoms with Crippen LogP contribution in [0.3, 0.4) is 0 Å². The average molecular weight is 322 g/mol. The van der Waals surface area contributed by atoms with E-state index in [2.05, 4.69) is 17.0 Å². The van der Waals surface area contributed by atoms with Crippen LogP contribution in [0.1, 0.15) is 35.0 Å². The minimum Gasteiger partial charge on any atom is -0.334 e. The third kappa shape index (κ3) is 3.15. The molecule has 124 valence electrons. The number of hydrogen-bond acceptors (Lipinski definition) is 3. The summed E-state index contributed by atoms with van der Waals surface area (Å²) in [6.45, 7) is 5.35. The molecule has 1 aromatic carbocycles. The van der Waals surface area contributed by atoms with Gasteiger partial charge in [0.05, 0.1) is 11.3 Å². The Bertz CT molecular complexity index is 854. The van der Waals surface area contributed by atoms with E-state index in [0.717, 1.165) is 35.3 Å². The van der Waals surface area contributed by atoms with Gasteiger partial charge in [-0.15, -0.1) is 0 Å². The molecule has 5 heteroatoms. The maximum absolute atomic E-state index is 13.0. The molecule has 0 aliphatic heterocycles. The van der Waals surface area contributed by atoms with E-state index in [-0.39, 0.29) is 5.91 Å². The number of fused-ring (bicyclic) bond motifs is 1. The van der Waals surface area contributed by atoms with Crippen molar-refractivity contribution in [2.45, 2.75) is 26.8 Å². The molecule has 0 bridgehead atoms. The van der Waals surface area contributed by atoms with Crippen LogP contribution in [0.4, 0.5) is 0 Å². The molecule has 0 saturated heterocycles. The van der Waals surface area contributed by atoms with Gasteiger partial charge in [-0.2, -0.15) is 5.10 Å². The molecule has 3 aromatic rings. The van der Waals surface area contributed by atoms with E-state index in [1.807, 2.05) is 55.3 Å². The summed E-state index contributed by atoms with van der Waals surface area (Å²) >= 11 is 0. The standard InChI is InChI=1S/C19H22N4O/c1-4-10-23(13-15-8-6-5-7-9-15)19(24)16-11-17-14(2)21-22(3)18(17)20-12-16/h5-9,11-12H,4,10,13H2,1-3H3. The summed E-state index contributed by atoms with van der Waals surface area (Å²) in [6.07, 6.45) is 2.57. The molecule has 0 spiro atoms. The van der Waals surface area contributed by atoms with E-state index in [0.29, 0.717) is 12.1 Å². The minimum atomic E-state index is 0.0124. The van der Waals surface area contributed by atoms with E-state index in [1.165, 1.54) is 0 Å². The van der Waals surface area contributed by atoms with Crippen molar-refractivity contribution in [3.8, 4) is 0 Å². The highest BCUT2D eigenvalue weighted by Crippen LogP contribution is 2.18. The molecule has 0 fully saturated rings. The van der Waals surface area contributed by atoms with E-state index in [1.54, 1.807) is 10.9 Å². The lowest BCUT2D eigenvalue weighted by atomic mass is 10.1. The van der Waals surface area contributed by atoms with Crippen molar-refractivity contribution in [3.05, 3.63) is 59.4 Å². The van der Waals surface area contributed by atoms with Gasteiger partial charge in [0.2, 0.25) is 0 Å². The maximum atomic E-state index is 13.0. The van der Waals surface area contributed by atoms with Gasteiger partial charge in [0.1, 0.15) is 0 Å². The maximum Gasteiger partial charge on any atom is 0.255 e. The third-order valence-corrected chi connectivity index (χ3v) is 4.11. The zero-order chi connectivity index (χ0) is 17.1. The van der Waals surface area contributed by atoms with Gasteiger partial charge in [-0.05, 0) is 25.0 Å². The summed E-state index contributed by atoms with van der Waals surface area (Å²) in [7, 11) is 1.86. The lowest BCUT2D eigenvalue weighted by Crippen LogP contribution is -2.31. The van der Waals surface area contributed by atoms with Crippen LogP contribution in [0.5, 0.6) is 0 Å². The Hall–Kier alpha value is -2.69. The van der Waals surface area contributed by atoms with Crippen molar-refractivity contribution in [2.24, 2.45) is 7.05 Å². The molecule has 2 aromatic heterocycles. The van der Waals surface area contributed by atoms with Gasteiger partial charge in [0.25, 0.3) is 5.91 Å². The van der Waals surface area contributed by atoms with E-state index < -0.39 is 0 Å². The number of carbonyl (C=O) groups is 1. The van der Waals surface area contributed by atoms with Crippen LogP contribution in [0.2, 0.25) is 0 Å². The largest absolute Gasteiger partial charge is 0.334 e. The van der Waals surface area contributed by atoms with Crippen LogP contribution >= 0.6 is 0 Å². The fourth-order valence-corrected chi connectivity index (χ4v) is 2.93. The Balaban J connectivity index is 1.90. The molecular formula is C19H22N4O. The van der Waals surface area contributed by atoms with Crippen LogP contribution in [0.15, 0.2) is 42.6 Å². The van der Waals surface area contributed by atoms with E-state index in [4.69, 9.17) is 0 Å². The highest BCUT2D eigenvalue weighted by atomic mass is 16.2. The van der Waals surface area contributed by atoms with Gasteiger partial charge in [0.15, 0.2) is 5.65 Å². The van der Waals surface area contributed by atoms with E-state index >= 15 is 0 Å². The second-order valence-corrected chi connectivity index (χ2v) is 6.02. The molecule has 5 nitrogen and oxygen atoms in total. The second-order valence-electron chi connectivity index (χ2n) is 6.02. The van der Waals surface area contributed by atoms with Crippen LogP contribution in [-0.4, -0.2) is 32.1 Å². The first kappa shape index (κ1) is 16.2. The summed E-state index contributed by atoms with van der Waals surface area (Å²) in [5.74, 6) is 0.0124. The van der Waals surface area contributed by atoms with Gasteiger partial charge in [0, 0.05) is 31.7 Å². The predicted octanol–water partition coefficient (Wildman–Crippen LogP) is 3.33. The molecule has 0 saturated carbocycles. The predicted molar refractivity (Wildman–Crippen MR) is 94.7 cm³/mol. The zero-order valence-corrected chi connectivity index (χ0v) is 14.4. The Morgan fingerprint density at radius 2 is 2.00 bits per heavy atom. The molecule has 0 aliphatic carbocycles. The van der Waals surface area contributed by atoms with Crippen LogP contribution < -0.4 is 0 Å². The highest BCUT2D eigenvalue weighted by Gasteiger charge is 2.18. The summed E-state index contributed by atoms with van der Waals surface area (Å²) < 4.78 is 1.74.